The number of nitrogens with zero attached hydrogens (tertiary/aromatic N) is 2. The van der Waals surface area contributed by atoms with Gasteiger partial charge in [0.15, 0.2) is 0 Å². The Morgan fingerprint density at radius 3 is 2.82 bits per heavy atom. The van der Waals surface area contributed by atoms with Crippen molar-refractivity contribution in [3.8, 4) is 6.07 Å². The van der Waals surface area contributed by atoms with Gasteiger partial charge in [-0.1, -0.05) is 20.3 Å². The summed E-state index contributed by atoms with van der Waals surface area (Å²) in [6, 6.07) is 8.24. The maximum absolute atomic E-state index is 9.16. The average Bonchev–Trinajstić information content (AvgIpc) is 3.17. The fourth-order valence-electron chi connectivity index (χ4n) is 4.00. The van der Waals surface area contributed by atoms with Gasteiger partial charge in [0.1, 0.15) is 0 Å². The van der Waals surface area contributed by atoms with E-state index in [4.69, 9.17) is 5.26 Å². The minimum atomic E-state index is 0.628. The number of H-pyrrole nitrogens is 1. The van der Waals surface area contributed by atoms with E-state index in [1.165, 1.54) is 36.8 Å². The minimum Gasteiger partial charge on any atom is -0.361 e. The lowest BCUT2D eigenvalue weighted by molar-refractivity contribution is 0.243. The zero-order chi connectivity index (χ0) is 15.5. The molecule has 0 radical (unpaired) electrons. The van der Waals surface area contributed by atoms with Gasteiger partial charge in [-0.3, -0.25) is 0 Å². The summed E-state index contributed by atoms with van der Waals surface area (Å²) in [5.74, 6) is 1.37. The van der Waals surface area contributed by atoms with Gasteiger partial charge in [-0.05, 0) is 61.5 Å². The molecule has 0 saturated heterocycles. The van der Waals surface area contributed by atoms with Crippen LogP contribution >= 0.6 is 0 Å². The summed E-state index contributed by atoms with van der Waals surface area (Å²) in [7, 11) is 0. The molecule has 0 unspecified atom stereocenters. The largest absolute Gasteiger partial charge is 0.361 e. The van der Waals surface area contributed by atoms with Crippen molar-refractivity contribution < 1.29 is 0 Å². The molecule has 0 bridgehead atoms. The molecule has 116 valence electrons. The second kappa shape index (κ2) is 6.54. The smallest absolute Gasteiger partial charge is 0.0991 e. The first kappa shape index (κ1) is 15.1. The highest BCUT2D eigenvalue weighted by Crippen LogP contribution is 2.42. The molecule has 22 heavy (non-hydrogen) atoms. The zero-order valence-corrected chi connectivity index (χ0v) is 13.6. The molecular weight excluding hydrogens is 270 g/mol. The quantitative estimate of drug-likeness (QED) is 0.895. The van der Waals surface area contributed by atoms with E-state index in [-0.39, 0.29) is 0 Å². The molecule has 1 aliphatic rings. The topological polar surface area (TPSA) is 42.8 Å². The van der Waals surface area contributed by atoms with Gasteiger partial charge in [0.25, 0.3) is 0 Å². The Morgan fingerprint density at radius 1 is 1.27 bits per heavy atom. The summed E-state index contributed by atoms with van der Waals surface area (Å²) >= 11 is 0. The van der Waals surface area contributed by atoms with Crippen LogP contribution in [0.1, 0.15) is 50.2 Å². The highest BCUT2D eigenvalue weighted by Gasteiger charge is 2.31. The van der Waals surface area contributed by atoms with E-state index in [2.05, 4.69) is 36.0 Å². The van der Waals surface area contributed by atoms with Gasteiger partial charge in [-0.25, -0.2) is 0 Å². The van der Waals surface area contributed by atoms with Crippen LogP contribution in [0.4, 0.5) is 0 Å². The number of rotatable bonds is 5. The van der Waals surface area contributed by atoms with Gasteiger partial charge in [-0.2, -0.15) is 5.26 Å². The third-order valence-corrected chi connectivity index (χ3v) is 5.29. The van der Waals surface area contributed by atoms with Crippen molar-refractivity contribution in [3.63, 3.8) is 0 Å². The van der Waals surface area contributed by atoms with E-state index in [1.54, 1.807) is 0 Å². The predicted octanol–water partition coefficient (Wildman–Crippen LogP) is 4.27. The minimum absolute atomic E-state index is 0.628. The summed E-state index contributed by atoms with van der Waals surface area (Å²) in [6.07, 6.45) is 6.10. The van der Waals surface area contributed by atoms with Crippen molar-refractivity contribution in [2.24, 2.45) is 5.92 Å². The monoisotopic (exact) mass is 295 g/mol. The van der Waals surface area contributed by atoms with Crippen molar-refractivity contribution >= 4 is 10.9 Å². The zero-order valence-electron chi connectivity index (χ0n) is 13.6. The molecule has 0 amide bonds. The Balaban J connectivity index is 1.90. The molecule has 1 saturated carbocycles. The fourth-order valence-corrected chi connectivity index (χ4v) is 4.00. The van der Waals surface area contributed by atoms with Crippen molar-refractivity contribution in [2.75, 3.05) is 19.6 Å². The summed E-state index contributed by atoms with van der Waals surface area (Å²) in [5.41, 5.74) is 3.33. The number of benzene rings is 1. The summed E-state index contributed by atoms with van der Waals surface area (Å²) in [6.45, 7) is 7.96. The average molecular weight is 295 g/mol. The third kappa shape index (κ3) is 2.76. The van der Waals surface area contributed by atoms with Gasteiger partial charge < -0.3 is 9.88 Å². The SMILES string of the molecule is CCN(CC)C[C@@H]1CCC[C@H]1c1c[nH]c2ccc(C#N)cc12. The normalized spacial score (nSPS) is 21.5. The lowest BCUT2D eigenvalue weighted by Crippen LogP contribution is -2.30. The second-order valence-electron chi connectivity index (χ2n) is 6.40. The Bertz CT molecular complexity index is 676. The van der Waals surface area contributed by atoms with Gasteiger partial charge >= 0.3 is 0 Å². The molecule has 3 nitrogen and oxygen atoms in total. The summed E-state index contributed by atoms with van der Waals surface area (Å²) in [5, 5.41) is 10.4. The van der Waals surface area contributed by atoms with Crippen LogP contribution in [0, 0.1) is 17.2 Å². The number of hydrogen-bond acceptors (Lipinski definition) is 2. The van der Waals surface area contributed by atoms with Crippen LogP contribution in [0.15, 0.2) is 24.4 Å². The molecule has 2 atom stereocenters. The fraction of sp³-hybridized carbons (Fsp3) is 0.526. The van der Waals surface area contributed by atoms with Crippen LogP contribution in [-0.2, 0) is 0 Å². The van der Waals surface area contributed by atoms with Crippen molar-refractivity contribution in [1.29, 1.82) is 5.26 Å². The standard InChI is InChI=1S/C19H25N3/c1-3-22(4-2)13-15-6-5-7-16(15)18-12-21-19-9-8-14(11-20)10-17(18)19/h8-10,12,15-16,21H,3-7,13H2,1-2H3/t15-,16+/m0/s1. The van der Waals surface area contributed by atoms with Gasteiger partial charge in [0.2, 0.25) is 0 Å². The lowest BCUT2D eigenvalue weighted by Gasteiger charge is -2.26. The summed E-state index contributed by atoms with van der Waals surface area (Å²) in [4.78, 5) is 5.94. The van der Waals surface area contributed by atoms with Gasteiger partial charge in [0, 0.05) is 23.6 Å². The summed E-state index contributed by atoms with van der Waals surface area (Å²) < 4.78 is 0. The molecule has 3 heteroatoms. The number of aromatic amines is 1. The Kier molecular flexibility index (Phi) is 4.49. The molecule has 0 aliphatic heterocycles. The maximum atomic E-state index is 9.16. The van der Waals surface area contributed by atoms with E-state index in [0.717, 1.165) is 30.1 Å². The molecule has 1 aromatic heterocycles. The van der Waals surface area contributed by atoms with Gasteiger partial charge in [0.05, 0.1) is 11.6 Å². The van der Waals surface area contributed by atoms with E-state index in [0.29, 0.717) is 5.92 Å². The molecule has 0 spiro atoms. The highest BCUT2D eigenvalue weighted by molar-refractivity contribution is 5.85. The molecule has 1 aromatic carbocycles. The van der Waals surface area contributed by atoms with Crippen molar-refractivity contribution in [3.05, 3.63) is 35.5 Å². The maximum Gasteiger partial charge on any atom is 0.0991 e. The molecule has 2 aromatic rings. The van der Waals surface area contributed by atoms with Crippen molar-refractivity contribution in [2.45, 2.75) is 39.0 Å². The number of hydrogen-bond donors (Lipinski definition) is 1. The Morgan fingerprint density at radius 2 is 2.09 bits per heavy atom. The van der Waals surface area contributed by atoms with Crippen LogP contribution in [0.5, 0.6) is 0 Å². The van der Waals surface area contributed by atoms with Crippen LogP contribution in [-0.4, -0.2) is 29.5 Å². The Hall–Kier alpha value is -1.79. The van der Waals surface area contributed by atoms with Crippen LogP contribution in [0.25, 0.3) is 10.9 Å². The lowest BCUT2D eigenvalue weighted by atomic mass is 9.88. The number of nitrogens with one attached hydrogen (secondary N) is 1. The Labute approximate surface area is 132 Å². The first-order valence-electron chi connectivity index (χ1n) is 8.50. The van der Waals surface area contributed by atoms with E-state index >= 15 is 0 Å². The van der Waals surface area contributed by atoms with E-state index in [9.17, 15) is 0 Å². The van der Waals surface area contributed by atoms with Crippen LogP contribution in [0.2, 0.25) is 0 Å². The predicted molar refractivity (Wildman–Crippen MR) is 90.9 cm³/mol. The van der Waals surface area contributed by atoms with Gasteiger partial charge in [-0.15, -0.1) is 0 Å². The molecule has 1 aliphatic carbocycles. The van der Waals surface area contributed by atoms with Crippen LogP contribution < -0.4 is 0 Å². The number of nitriles is 1. The number of aromatic nitrogens is 1. The molecule has 1 heterocycles. The van der Waals surface area contributed by atoms with E-state index < -0.39 is 0 Å². The molecule has 1 N–H and O–H groups in total. The van der Waals surface area contributed by atoms with E-state index in [1.807, 2.05) is 18.2 Å². The molecule has 1 fully saturated rings. The van der Waals surface area contributed by atoms with Crippen LogP contribution in [0.3, 0.4) is 0 Å². The molecule has 3 rings (SSSR count). The highest BCUT2D eigenvalue weighted by atomic mass is 15.1. The molecular formula is C19H25N3. The first-order valence-corrected chi connectivity index (χ1v) is 8.50. The third-order valence-electron chi connectivity index (χ3n) is 5.29. The second-order valence-corrected chi connectivity index (χ2v) is 6.40. The van der Waals surface area contributed by atoms with Crippen molar-refractivity contribution in [1.82, 2.24) is 9.88 Å². The first-order chi connectivity index (χ1) is 10.8. The number of fused-ring (bicyclic) bond motifs is 1.